The maximum absolute atomic E-state index is 12.7. The van der Waals surface area contributed by atoms with E-state index in [4.69, 9.17) is 4.42 Å². The first-order valence-electron chi connectivity index (χ1n) is 9.33. The van der Waals surface area contributed by atoms with E-state index >= 15 is 0 Å². The molecule has 4 rings (SSSR count). The highest BCUT2D eigenvalue weighted by Gasteiger charge is 2.14. The van der Waals surface area contributed by atoms with Crippen LogP contribution in [0.4, 0.5) is 5.69 Å². The van der Waals surface area contributed by atoms with Crippen molar-refractivity contribution in [3.8, 4) is 0 Å². The van der Waals surface area contributed by atoms with Gasteiger partial charge in [-0.25, -0.2) is 4.98 Å². The number of para-hydroxylation sites is 1. The summed E-state index contributed by atoms with van der Waals surface area (Å²) in [4.78, 5) is 29.4. The van der Waals surface area contributed by atoms with Gasteiger partial charge in [-0.3, -0.25) is 14.2 Å². The van der Waals surface area contributed by atoms with Crippen molar-refractivity contribution < 1.29 is 9.21 Å². The molecule has 0 aliphatic carbocycles. The molecule has 6 heteroatoms. The van der Waals surface area contributed by atoms with Crippen LogP contribution in [0.15, 0.2) is 64.1 Å². The lowest BCUT2D eigenvalue weighted by Gasteiger charge is -2.11. The van der Waals surface area contributed by atoms with Gasteiger partial charge in [0, 0.05) is 11.1 Å². The van der Waals surface area contributed by atoms with Crippen molar-refractivity contribution in [2.24, 2.45) is 0 Å². The Balaban J connectivity index is 1.54. The first kappa shape index (κ1) is 18.0. The van der Waals surface area contributed by atoms with Gasteiger partial charge in [0.1, 0.15) is 17.6 Å². The van der Waals surface area contributed by atoms with Gasteiger partial charge in [-0.05, 0) is 42.2 Å². The maximum Gasteiger partial charge on any atom is 0.297 e. The van der Waals surface area contributed by atoms with Crippen LogP contribution in [0.1, 0.15) is 31.7 Å². The number of carbonyl (C=O) groups excluding carboxylic acids is 1. The lowest BCUT2D eigenvalue weighted by molar-refractivity contribution is -0.116. The molecule has 0 spiro atoms. The third-order valence-electron chi connectivity index (χ3n) is 5.04. The van der Waals surface area contributed by atoms with Gasteiger partial charge in [0.25, 0.3) is 5.56 Å². The second-order valence-electron chi connectivity index (χ2n) is 6.93. The first-order chi connectivity index (χ1) is 13.6. The fourth-order valence-corrected chi connectivity index (χ4v) is 3.21. The summed E-state index contributed by atoms with van der Waals surface area (Å²) in [6.45, 7) is 4.18. The summed E-state index contributed by atoms with van der Waals surface area (Å²) >= 11 is 0. The molecule has 0 aliphatic heterocycles. The van der Waals surface area contributed by atoms with Gasteiger partial charge in [-0.15, -0.1) is 0 Å². The molecule has 4 aromatic rings. The SMILES string of the molecule is CC[C@@H](C)c1ccc(NC(=O)Cn2cnc3c(oc4ccccc43)c2=O)cc1. The Morgan fingerprint density at radius 3 is 2.68 bits per heavy atom. The summed E-state index contributed by atoms with van der Waals surface area (Å²) in [6.07, 6.45) is 2.45. The molecule has 0 unspecified atom stereocenters. The predicted octanol–water partition coefficient (Wildman–Crippen LogP) is 4.29. The molecule has 2 heterocycles. The van der Waals surface area contributed by atoms with Crippen LogP contribution in [0.25, 0.3) is 22.1 Å². The molecule has 0 radical (unpaired) electrons. The molecule has 142 valence electrons. The average molecular weight is 375 g/mol. The largest absolute Gasteiger partial charge is 0.448 e. The van der Waals surface area contributed by atoms with Crippen molar-refractivity contribution in [2.75, 3.05) is 5.32 Å². The molecule has 1 amide bonds. The zero-order valence-corrected chi connectivity index (χ0v) is 15.8. The molecule has 0 bridgehead atoms. The normalized spacial score (nSPS) is 12.4. The van der Waals surface area contributed by atoms with Crippen molar-refractivity contribution in [1.29, 1.82) is 0 Å². The summed E-state index contributed by atoms with van der Waals surface area (Å²) in [7, 11) is 0. The van der Waals surface area contributed by atoms with Crippen LogP contribution in [-0.2, 0) is 11.3 Å². The highest BCUT2D eigenvalue weighted by molar-refractivity contribution is 6.01. The van der Waals surface area contributed by atoms with Crippen LogP contribution in [-0.4, -0.2) is 15.5 Å². The van der Waals surface area contributed by atoms with Crippen LogP contribution >= 0.6 is 0 Å². The third-order valence-corrected chi connectivity index (χ3v) is 5.04. The molecule has 6 nitrogen and oxygen atoms in total. The highest BCUT2D eigenvalue weighted by atomic mass is 16.3. The molecule has 28 heavy (non-hydrogen) atoms. The van der Waals surface area contributed by atoms with E-state index in [0.29, 0.717) is 22.7 Å². The van der Waals surface area contributed by atoms with Crippen LogP contribution in [0, 0.1) is 0 Å². The fourth-order valence-electron chi connectivity index (χ4n) is 3.21. The Morgan fingerprint density at radius 1 is 1.18 bits per heavy atom. The standard InChI is InChI=1S/C22H21N3O3/c1-3-14(2)15-8-10-16(11-9-15)24-19(26)12-25-13-23-20-17-6-4-5-7-18(17)28-21(20)22(25)27/h4-11,13-14H,3,12H2,1-2H3,(H,24,26)/t14-/m1/s1. The Hall–Kier alpha value is -3.41. The van der Waals surface area contributed by atoms with Gasteiger partial charge in [-0.2, -0.15) is 0 Å². The number of nitrogens with zero attached hydrogens (tertiary/aromatic N) is 2. The Morgan fingerprint density at radius 2 is 1.93 bits per heavy atom. The van der Waals surface area contributed by atoms with Crippen molar-refractivity contribution in [1.82, 2.24) is 9.55 Å². The van der Waals surface area contributed by atoms with E-state index in [9.17, 15) is 9.59 Å². The van der Waals surface area contributed by atoms with E-state index in [2.05, 4.69) is 24.1 Å². The zero-order chi connectivity index (χ0) is 19.7. The molecule has 2 aromatic heterocycles. The van der Waals surface area contributed by atoms with Gasteiger partial charge in [0.2, 0.25) is 11.5 Å². The molecule has 2 aromatic carbocycles. The van der Waals surface area contributed by atoms with Crippen LogP contribution < -0.4 is 10.9 Å². The summed E-state index contributed by atoms with van der Waals surface area (Å²) < 4.78 is 6.90. The molecule has 0 saturated heterocycles. The van der Waals surface area contributed by atoms with Crippen molar-refractivity contribution in [2.45, 2.75) is 32.7 Å². The van der Waals surface area contributed by atoms with Gasteiger partial charge < -0.3 is 9.73 Å². The van der Waals surface area contributed by atoms with Crippen LogP contribution in [0.5, 0.6) is 0 Å². The van der Waals surface area contributed by atoms with Crippen molar-refractivity contribution in [3.05, 3.63) is 70.8 Å². The minimum absolute atomic E-state index is 0.133. The molecule has 0 saturated carbocycles. The van der Waals surface area contributed by atoms with E-state index in [1.807, 2.05) is 42.5 Å². The fraction of sp³-hybridized carbons (Fsp3) is 0.227. The number of anilines is 1. The Bertz CT molecular complexity index is 1210. The monoisotopic (exact) mass is 375 g/mol. The van der Waals surface area contributed by atoms with E-state index in [1.165, 1.54) is 16.5 Å². The van der Waals surface area contributed by atoms with Gasteiger partial charge in [-0.1, -0.05) is 38.1 Å². The highest BCUT2D eigenvalue weighted by Crippen LogP contribution is 2.24. The molecule has 1 N–H and O–H groups in total. The van der Waals surface area contributed by atoms with Crippen molar-refractivity contribution in [3.63, 3.8) is 0 Å². The molecular formula is C22H21N3O3. The number of aromatic nitrogens is 2. The number of hydrogen-bond acceptors (Lipinski definition) is 4. The third kappa shape index (κ3) is 3.29. The minimum atomic E-state index is -0.372. The molecule has 1 atom stereocenters. The van der Waals surface area contributed by atoms with Gasteiger partial charge in [0.05, 0.1) is 6.33 Å². The second kappa shape index (κ2) is 7.31. The lowest BCUT2D eigenvalue weighted by Crippen LogP contribution is -2.27. The van der Waals surface area contributed by atoms with Crippen molar-refractivity contribution >= 4 is 33.7 Å². The molecule has 0 aliphatic rings. The number of rotatable bonds is 5. The lowest BCUT2D eigenvalue weighted by atomic mass is 9.99. The summed E-state index contributed by atoms with van der Waals surface area (Å²) in [5, 5.41) is 3.60. The number of benzene rings is 2. The van der Waals surface area contributed by atoms with E-state index in [1.54, 1.807) is 6.07 Å². The van der Waals surface area contributed by atoms with Crippen LogP contribution in [0.3, 0.4) is 0 Å². The smallest absolute Gasteiger partial charge is 0.297 e. The Kier molecular flexibility index (Phi) is 4.69. The molecular weight excluding hydrogens is 354 g/mol. The zero-order valence-electron chi connectivity index (χ0n) is 15.8. The summed E-state index contributed by atoms with van der Waals surface area (Å²) in [6, 6.07) is 15.1. The first-order valence-corrected chi connectivity index (χ1v) is 9.33. The average Bonchev–Trinajstić information content (AvgIpc) is 3.09. The van der Waals surface area contributed by atoms with E-state index in [-0.39, 0.29) is 23.6 Å². The Labute approximate surface area is 161 Å². The number of amides is 1. The molecule has 0 fully saturated rings. The maximum atomic E-state index is 12.7. The summed E-state index contributed by atoms with van der Waals surface area (Å²) in [5.41, 5.74) is 2.83. The number of fused-ring (bicyclic) bond motifs is 3. The van der Waals surface area contributed by atoms with E-state index in [0.717, 1.165) is 11.8 Å². The number of carbonyl (C=O) groups is 1. The topological polar surface area (TPSA) is 77.1 Å². The quantitative estimate of drug-likeness (QED) is 0.564. The van der Waals surface area contributed by atoms with Gasteiger partial charge in [0.15, 0.2) is 0 Å². The predicted molar refractivity (Wildman–Crippen MR) is 110 cm³/mol. The van der Waals surface area contributed by atoms with Gasteiger partial charge >= 0.3 is 0 Å². The van der Waals surface area contributed by atoms with Crippen LogP contribution in [0.2, 0.25) is 0 Å². The second-order valence-corrected chi connectivity index (χ2v) is 6.93. The summed E-state index contributed by atoms with van der Waals surface area (Å²) in [5.74, 6) is 0.181. The minimum Gasteiger partial charge on any atom is -0.448 e. The van der Waals surface area contributed by atoms with E-state index < -0.39 is 0 Å². The number of nitrogens with one attached hydrogen (secondary N) is 1. The number of hydrogen-bond donors (Lipinski definition) is 1. The number of furan rings is 1.